The number of nitrogens with zero attached hydrogens (tertiary/aromatic N) is 4. The Bertz CT molecular complexity index is 993. The smallest absolute Gasteiger partial charge is 0.260 e. The Balaban J connectivity index is 1.76. The number of rotatable bonds is 3. The Kier molecular flexibility index (Phi) is 3.34. The molecule has 6 nitrogen and oxygen atoms in total. The van der Waals surface area contributed by atoms with Crippen LogP contribution in [-0.4, -0.2) is 26.4 Å². The molecule has 0 bridgehead atoms. The fourth-order valence-electron chi connectivity index (χ4n) is 2.35. The first kappa shape index (κ1) is 14.0. The molecule has 0 aliphatic rings. The third kappa shape index (κ3) is 2.49. The van der Waals surface area contributed by atoms with Crippen LogP contribution < -0.4 is 0 Å². The van der Waals surface area contributed by atoms with E-state index in [-0.39, 0.29) is 0 Å². The van der Waals surface area contributed by atoms with E-state index in [2.05, 4.69) is 20.1 Å². The maximum absolute atomic E-state index is 5.48. The number of pyridine rings is 1. The van der Waals surface area contributed by atoms with Gasteiger partial charge in [0.1, 0.15) is 10.5 Å². The molecule has 0 aliphatic carbocycles. The summed E-state index contributed by atoms with van der Waals surface area (Å²) in [5.41, 5.74) is 3.18. The number of hydrogen-bond acceptors (Lipinski definition) is 7. The molecule has 0 fully saturated rings. The van der Waals surface area contributed by atoms with Crippen LogP contribution >= 0.6 is 11.8 Å². The van der Waals surface area contributed by atoms with E-state index >= 15 is 0 Å². The Labute approximate surface area is 135 Å². The molecule has 0 radical (unpaired) electrons. The fraction of sp³-hybridized carbons (Fsp3) is 0.125. The van der Waals surface area contributed by atoms with Gasteiger partial charge < -0.3 is 8.94 Å². The van der Waals surface area contributed by atoms with Crippen LogP contribution in [0.5, 0.6) is 0 Å². The zero-order chi connectivity index (χ0) is 15.8. The van der Waals surface area contributed by atoms with Crippen LogP contribution in [0.4, 0.5) is 0 Å². The molecule has 0 aliphatic heterocycles. The Hall–Kier alpha value is -2.67. The van der Waals surface area contributed by atoms with Gasteiger partial charge in [-0.25, -0.2) is 9.97 Å². The van der Waals surface area contributed by atoms with Crippen LogP contribution in [0.15, 0.2) is 50.5 Å². The van der Waals surface area contributed by atoms with E-state index in [9.17, 15) is 0 Å². The molecule has 4 rings (SSSR count). The highest BCUT2D eigenvalue weighted by Crippen LogP contribution is 2.29. The Morgan fingerprint density at radius 1 is 1.13 bits per heavy atom. The second kappa shape index (κ2) is 5.51. The van der Waals surface area contributed by atoms with Crippen molar-refractivity contribution in [2.24, 2.45) is 0 Å². The van der Waals surface area contributed by atoms with Crippen LogP contribution in [0, 0.1) is 6.92 Å². The second-order valence-corrected chi connectivity index (χ2v) is 5.69. The lowest BCUT2D eigenvalue weighted by molar-refractivity contribution is 0.431. The highest BCUT2D eigenvalue weighted by molar-refractivity contribution is 7.98. The summed E-state index contributed by atoms with van der Waals surface area (Å²) >= 11 is 1.54. The van der Waals surface area contributed by atoms with Gasteiger partial charge in [-0.1, -0.05) is 5.16 Å². The third-order valence-electron chi connectivity index (χ3n) is 3.37. The van der Waals surface area contributed by atoms with Crippen molar-refractivity contribution in [2.75, 3.05) is 6.26 Å². The molecule has 114 valence electrons. The summed E-state index contributed by atoms with van der Waals surface area (Å²) in [5.74, 6) is 1.60. The van der Waals surface area contributed by atoms with E-state index < -0.39 is 0 Å². The molecular weight excluding hydrogens is 312 g/mol. The molecule has 1 aromatic carbocycles. The molecule has 4 aromatic rings. The number of thioether (sulfide) groups is 1. The predicted molar refractivity (Wildman–Crippen MR) is 87.1 cm³/mol. The minimum atomic E-state index is 0.453. The molecule has 3 heterocycles. The average molecular weight is 324 g/mol. The maximum atomic E-state index is 5.48. The zero-order valence-electron chi connectivity index (χ0n) is 12.5. The van der Waals surface area contributed by atoms with Crippen molar-refractivity contribution in [2.45, 2.75) is 11.9 Å². The molecule has 3 aromatic heterocycles. The first-order chi connectivity index (χ1) is 11.2. The predicted octanol–water partition coefficient (Wildman–Crippen LogP) is 3.97. The van der Waals surface area contributed by atoms with Gasteiger partial charge in [-0.15, -0.1) is 11.8 Å². The van der Waals surface area contributed by atoms with E-state index in [0.29, 0.717) is 17.6 Å². The van der Waals surface area contributed by atoms with E-state index in [1.54, 1.807) is 6.20 Å². The Morgan fingerprint density at radius 2 is 2.04 bits per heavy atom. The lowest BCUT2D eigenvalue weighted by Gasteiger charge is -1.99. The Morgan fingerprint density at radius 3 is 2.91 bits per heavy atom. The summed E-state index contributed by atoms with van der Waals surface area (Å²) in [7, 11) is 0. The SMILES string of the molecule is CSc1ncccc1-c1nc(-c2ccc3oc(C)nc3c2)no1. The van der Waals surface area contributed by atoms with Crippen molar-refractivity contribution in [1.82, 2.24) is 20.1 Å². The number of hydrogen-bond donors (Lipinski definition) is 0. The van der Waals surface area contributed by atoms with Gasteiger partial charge in [-0.2, -0.15) is 4.98 Å². The number of aromatic nitrogens is 4. The summed E-state index contributed by atoms with van der Waals surface area (Å²) in [4.78, 5) is 13.1. The number of fused-ring (bicyclic) bond motifs is 1. The molecule has 0 amide bonds. The van der Waals surface area contributed by atoms with Crippen molar-refractivity contribution < 1.29 is 8.94 Å². The fourth-order valence-corrected chi connectivity index (χ4v) is 2.89. The topological polar surface area (TPSA) is 77.8 Å². The van der Waals surface area contributed by atoms with Gasteiger partial charge in [0, 0.05) is 18.7 Å². The van der Waals surface area contributed by atoms with E-state index in [0.717, 1.165) is 27.3 Å². The maximum Gasteiger partial charge on any atom is 0.260 e. The molecule has 0 unspecified atom stereocenters. The highest BCUT2D eigenvalue weighted by Gasteiger charge is 2.15. The summed E-state index contributed by atoms with van der Waals surface area (Å²) in [6.07, 6.45) is 3.71. The molecule has 23 heavy (non-hydrogen) atoms. The first-order valence-corrected chi connectivity index (χ1v) is 8.18. The van der Waals surface area contributed by atoms with Crippen LogP contribution in [-0.2, 0) is 0 Å². The largest absolute Gasteiger partial charge is 0.441 e. The van der Waals surface area contributed by atoms with Crippen LogP contribution in [0.1, 0.15) is 5.89 Å². The van der Waals surface area contributed by atoms with Gasteiger partial charge >= 0.3 is 0 Å². The number of aryl methyl sites for hydroxylation is 1. The monoisotopic (exact) mass is 324 g/mol. The second-order valence-electron chi connectivity index (χ2n) is 4.90. The van der Waals surface area contributed by atoms with Crippen LogP contribution in [0.25, 0.3) is 33.9 Å². The molecule has 0 saturated carbocycles. The van der Waals surface area contributed by atoms with Gasteiger partial charge in [-0.05, 0) is 36.6 Å². The molecular formula is C16H12N4O2S. The summed E-state index contributed by atoms with van der Waals surface area (Å²) < 4.78 is 10.9. The van der Waals surface area contributed by atoms with Gasteiger partial charge in [-0.3, -0.25) is 0 Å². The van der Waals surface area contributed by atoms with Gasteiger partial charge in [0.2, 0.25) is 5.82 Å². The highest BCUT2D eigenvalue weighted by atomic mass is 32.2. The minimum absolute atomic E-state index is 0.453. The molecule has 0 atom stereocenters. The molecule has 0 N–H and O–H groups in total. The average Bonchev–Trinajstić information content (AvgIpc) is 3.19. The van der Waals surface area contributed by atoms with Crippen molar-refractivity contribution in [3.8, 4) is 22.8 Å². The normalized spacial score (nSPS) is 11.2. The summed E-state index contributed by atoms with van der Waals surface area (Å²) in [5, 5.41) is 4.92. The molecule has 0 saturated heterocycles. The quantitative estimate of drug-likeness (QED) is 0.528. The van der Waals surface area contributed by atoms with Gasteiger partial charge in [0.25, 0.3) is 5.89 Å². The first-order valence-electron chi connectivity index (χ1n) is 6.95. The lowest BCUT2D eigenvalue weighted by Crippen LogP contribution is -1.86. The molecule has 0 spiro atoms. The minimum Gasteiger partial charge on any atom is -0.441 e. The van der Waals surface area contributed by atoms with Crippen molar-refractivity contribution in [3.05, 3.63) is 42.4 Å². The van der Waals surface area contributed by atoms with Gasteiger partial charge in [0.15, 0.2) is 11.5 Å². The summed E-state index contributed by atoms with van der Waals surface area (Å²) in [6, 6.07) is 9.40. The molecule has 7 heteroatoms. The van der Waals surface area contributed by atoms with Crippen molar-refractivity contribution >= 4 is 22.9 Å². The van der Waals surface area contributed by atoms with E-state index in [4.69, 9.17) is 8.94 Å². The summed E-state index contributed by atoms with van der Waals surface area (Å²) in [6.45, 7) is 1.82. The van der Waals surface area contributed by atoms with Crippen LogP contribution in [0.3, 0.4) is 0 Å². The third-order valence-corrected chi connectivity index (χ3v) is 4.09. The van der Waals surface area contributed by atoms with Gasteiger partial charge in [0.05, 0.1) is 5.56 Å². The lowest BCUT2D eigenvalue weighted by atomic mass is 10.2. The standard InChI is InChI=1S/C16H12N4O2S/c1-9-18-12-8-10(5-6-13(12)21-9)14-19-15(22-20-14)11-4-3-7-17-16(11)23-2/h3-8H,1-2H3. The number of benzene rings is 1. The van der Waals surface area contributed by atoms with Crippen molar-refractivity contribution in [3.63, 3.8) is 0 Å². The van der Waals surface area contributed by atoms with E-state index in [1.807, 2.05) is 43.5 Å². The van der Waals surface area contributed by atoms with Crippen molar-refractivity contribution in [1.29, 1.82) is 0 Å². The zero-order valence-corrected chi connectivity index (χ0v) is 13.3. The van der Waals surface area contributed by atoms with E-state index in [1.165, 1.54) is 11.8 Å². The van der Waals surface area contributed by atoms with Crippen LogP contribution in [0.2, 0.25) is 0 Å². The number of oxazole rings is 1.